The van der Waals surface area contributed by atoms with Crippen LogP contribution in [-0.4, -0.2) is 27.1 Å². The van der Waals surface area contributed by atoms with E-state index >= 15 is 0 Å². The molecule has 0 saturated heterocycles. The van der Waals surface area contributed by atoms with Crippen molar-refractivity contribution in [2.45, 2.75) is 38.0 Å². The van der Waals surface area contributed by atoms with Gasteiger partial charge in [0.25, 0.3) is 0 Å². The molecule has 0 aliphatic heterocycles. The molecule has 23 heavy (non-hydrogen) atoms. The standard InChI is InChI=1S/C16H17N3O4/c20-13(17-12-8-6-11(7-9-12)16(21)22)2-1-3-14-18-15(19-23-14)10-4-5-10/h6-10H,1-5H2,(H,17,20)(H,21,22). The first-order valence-corrected chi connectivity index (χ1v) is 7.57. The van der Waals surface area contributed by atoms with Gasteiger partial charge >= 0.3 is 5.97 Å². The molecule has 1 fully saturated rings. The number of hydrogen-bond donors (Lipinski definition) is 2. The molecule has 1 aromatic carbocycles. The minimum Gasteiger partial charge on any atom is -0.478 e. The number of aromatic carboxylic acids is 1. The van der Waals surface area contributed by atoms with E-state index in [9.17, 15) is 9.59 Å². The molecule has 7 heteroatoms. The van der Waals surface area contributed by atoms with Crippen molar-refractivity contribution in [3.63, 3.8) is 0 Å². The number of nitrogens with zero attached hydrogens (tertiary/aromatic N) is 2. The minimum absolute atomic E-state index is 0.130. The average molecular weight is 315 g/mol. The summed E-state index contributed by atoms with van der Waals surface area (Å²) in [4.78, 5) is 26.9. The number of aryl methyl sites for hydroxylation is 1. The summed E-state index contributed by atoms with van der Waals surface area (Å²) in [5.74, 6) is 0.695. The molecule has 0 radical (unpaired) electrons. The SMILES string of the molecule is O=C(CCCc1nc(C2CC2)no1)Nc1ccc(C(=O)O)cc1. The van der Waals surface area contributed by atoms with Crippen LogP contribution in [0.5, 0.6) is 0 Å². The second-order valence-corrected chi connectivity index (χ2v) is 5.60. The van der Waals surface area contributed by atoms with E-state index in [0.717, 1.165) is 18.7 Å². The van der Waals surface area contributed by atoms with E-state index in [0.29, 0.717) is 36.8 Å². The number of benzene rings is 1. The molecule has 1 aliphatic rings. The first-order valence-electron chi connectivity index (χ1n) is 7.57. The third-order valence-corrected chi connectivity index (χ3v) is 3.64. The number of carboxylic acids is 1. The van der Waals surface area contributed by atoms with Gasteiger partial charge in [0.15, 0.2) is 5.82 Å². The highest BCUT2D eigenvalue weighted by Crippen LogP contribution is 2.38. The van der Waals surface area contributed by atoms with Gasteiger partial charge in [-0.3, -0.25) is 4.79 Å². The fraction of sp³-hybridized carbons (Fsp3) is 0.375. The molecule has 1 heterocycles. The van der Waals surface area contributed by atoms with Crippen molar-refractivity contribution in [3.05, 3.63) is 41.5 Å². The first-order chi connectivity index (χ1) is 11.1. The third kappa shape index (κ3) is 4.15. The maximum Gasteiger partial charge on any atom is 0.335 e. The van der Waals surface area contributed by atoms with Crippen molar-refractivity contribution < 1.29 is 19.2 Å². The number of aromatic nitrogens is 2. The zero-order chi connectivity index (χ0) is 16.2. The van der Waals surface area contributed by atoms with Crippen LogP contribution in [0.15, 0.2) is 28.8 Å². The highest BCUT2D eigenvalue weighted by Gasteiger charge is 2.28. The molecule has 1 aromatic heterocycles. The van der Waals surface area contributed by atoms with Gasteiger partial charge in [-0.2, -0.15) is 4.98 Å². The molecule has 0 unspecified atom stereocenters. The first kappa shape index (κ1) is 15.2. The quantitative estimate of drug-likeness (QED) is 0.813. The summed E-state index contributed by atoms with van der Waals surface area (Å²) in [6, 6.07) is 6.05. The van der Waals surface area contributed by atoms with E-state index in [-0.39, 0.29) is 11.5 Å². The van der Waals surface area contributed by atoms with E-state index in [1.807, 2.05) is 0 Å². The van der Waals surface area contributed by atoms with Crippen molar-refractivity contribution in [3.8, 4) is 0 Å². The van der Waals surface area contributed by atoms with E-state index in [4.69, 9.17) is 9.63 Å². The van der Waals surface area contributed by atoms with Gasteiger partial charge in [-0.15, -0.1) is 0 Å². The number of carbonyl (C=O) groups is 2. The Labute approximate surface area is 132 Å². The molecule has 1 saturated carbocycles. The largest absolute Gasteiger partial charge is 0.478 e. The molecule has 0 spiro atoms. The lowest BCUT2D eigenvalue weighted by Crippen LogP contribution is -2.11. The predicted molar refractivity (Wildman–Crippen MR) is 81.2 cm³/mol. The van der Waals surface area contributed by atoms with Gasteiger partial charge in [0.05, 0.1) is 5.56 Å². The second-order valence-electron chi connectivity index (χ2n) is 5.60. The summed E-state index contributed by atoms with van der Waals surface area (Å²) in [5.41, 5.74) is 0.764. The van der Waals surface area contributed by atoms with Crippen molar-refractivity contribution in [2.24, 2.45) is 0 Å². The van der Waals surface area contributed by atoms with Crippen LogP contribution in [0.1, 0.15) is 53.7 Å². The topological polar surface area (TPSA) is 105 Å². The van der Waals surface area contributed by atoms with Gasteiger partial charge in [-0.05, 0) is 43.5 Å². The molecule has 0 atom stereocenters. The van der Waals surface area contributed by atoms with E-state index in [2.05, 4.69) is 15.5 Å². The molecular weight excluding hydrogens is 298 g/mol. The number of anilines is 1. The van der Waals surface area contributed by atoms with Crippen LogP contribution in [0, 0.1) is 0 Å². The maximum absolute atomic E-state index is 11.9. The summed E-state index contributed by atoms with van der Waals surface area (Å²) in [5, 5.41) is 15.5. The molecule has 120 valence electrons. The Morgan fingerprint density at radius 1 is 1.26 bits per heavy atom. The van der Waals surface area contributed by atoms with Crippen LogP contribution in [0.3, 0.4) is 0 Å². The Bertz CT molecular complexity index is 704. The monoisotopic (exact) mass is 315 g/mol. The van der Waals surface area contributed by atoms with Crippen molar-refractivity contribution >= 4 is 17.6 Å². The lowest BCUT2D eigenvalue weighted by Gasteiger charge is -2.04. The minimum atomic E-state index is -0.993. The van der Waals surface area contributed by atoms with Gasteiger partial charge in [0.2, 0.25) is 11.8 Å². The Hall–Kier alpha value is -2.70. The number of carbonyl (C=O) groups excluding carboxylic acids is 1. The lowest BCUT2D eigenvalue weighted by atomic mass is 10.2. The summed E-state index contributed by atoms with van der Waals surface area (Å²) in [6.45, 7) is 0. The van der Waals surface area contributed by atoms with E-state index < -0.39 is 5.97 Å². The zero-order valence-corrected chi connectivity index (χ0v) is 12.5. The van der Waals surface area contributed by atoms with Gasteiger partial charge in [-0.1, -0.05) is 5.16 Å². The average Bonchev–Trinajstić information content (AvgIpc) is 3.27. The molecule has 3 rings (SSSR count). The molecular formula is C16H17N3O4. The number of rotatable bonds is 7. The van der Waals surface area contributed by atoms with Crippen LogP contribution < -0.4 is 5.32 Å². The van der Waals surface area contributed by atoms with Gasteiger partial charge in [-0.25, -0.2) is 4.79 Å². The van der Waals surface area contributed by atoms with Gasteiger partial charge < -0.3 is 14.9 Å². The highest BCUT2D eigenvalue weighted by molar-refractivity contribution is 5.92. The predicted octanol–water partition coefficient (Wildman–Crippen LogP) is 2.61. The molecule has 1 aliphatic carbocycles. The summed E-state index contributed by atoms with van der Waals surface area (Å²) in [6.07, 6.45) is 3.78. The normalized spacial score (nSPS) is 13.7. The second kappa shape index (κ2) is 6.60. The third-order valence-electron chi connectivity index (χ3n) is 3.64. The fourth-order valence-electron chi connectivity index (χ4n) is 2.20. The van der Waals surface area contributed by atoms with Crippen LogP contribution >= 0.6 is 0 Å². The van der Waals surface area contributed by atoms with E-state index in [1.165, 1.54) is 12.1 Å². The van der Waals surface area contributed by atoms with Gasteiger partial charge in [0, 0.05) is 24.4 Å². The van der Waals surface area contributed by atoms with Crippen LogP contribution in [-0.2, 0) is 11.2 Å². The number of amides is 1. The van der Waals surface area contributed by atoms with Crippen molar-refractivity contribution in [2.75, 3.05) is 5.32 Å². The summed E-state index contributed by atoms with van der Waals surface area (Å²) in [7, 11) is 0. The fourth-order valence-corrected chi connectivity index (χ4v) is 2.20. The van der Waals surface area contributed by atoms with Crippen molar-refractivity contribution in [1.29, 1.82) is 0 Å². The van der Waals surface area contributed by atoms with Crippen molar-refractivity contribution in [1.82, 2.24) is 10.1 Å². The molecule has 2 N–H and O–H groups in total. The molecule has 2 aromatic rings. The number of carboxylic acid groups (broad SMARTS) is 1. The number of hydrogen-bond acceptors (Lipinski definition) is 5. The van der Waals surface area contributed by atoms with E-state index in [1.54, 1.807) is 12.1 Å². The van der Waals surface area contributed by atoms with Crippen LogP contribution in [0.25, 0.3) is 0 Å². The zero-order valence-electron chi connectivity index (χ0n) is 12.5. The van der Waals surface area contributed by atoms with Gasteiger partial charge in [0.1, 0.15) is 0 Å². The Kier molecular flexibility index (Phi) is 4.36. The lowest BCUT2D eigenvalue weighted by molar-refractivity contribution is -0.116. The Balaban J connectivity index is 1.42. The highest BCUT2D eigenvalue weighted by atomic mass is 16.5. The van der Waals surface area contributed by atoms with Crippen LogP contribution in [0.2, 0.25) is 0 Å². The smallest absolute Gasteiger partial charge is 0.335 e. The Morgan fingerprint density at radius 3 is 2.65 bits per heavy atom. The molecule has 1 amide bonds. The number of nitrogens with one attached hydrogen (secondary N) is 1. The van der Waals surface area contributed by atoms with Crippen LogP contribution in [0.4, 0.5) is 5.69 Å². The summed E-state index contributed by atoms with van der Waals surface area (Å²) >= 11 is 0. The molecule has 0 bridgehead atoms. The molecule has 7 nitrogen and oxygen atoms in total. The summed E-state index contributed by atoms with van der Waals surface area (Å²) < 4.78 is 5.15. The Morgan fingerprint density at radius 2 is 2.00 bits per heavy atom. The maximum atomic E-state index is 11.9.